The number of nitrogens with one attached hydrogen (secondary N) is 1. The van der Waals surface area contributed by atoms with Crippen molar-refractivity contribution in [2.24, 2.45) is 5.92 Å². The third-order valence-electron chi connectivity index (χ3n) is 3.36. The van der Waals surface area contributed by atoms with E-state index in [4.69, 9.17) is 4.74 Å². The summed E-state index contributed by atoms with van der Waals surface area (Å²) in [5.41, 5.74) is 1.24. The first-order valence-electron chi connectivity index (χ1n) is 7.07. The highest BCUT2D eigenvalue weighted by Gasteiger charge is 2.11. The van der Waals surface area contributed by atoms with Crippen molar-refractivity contribution < 1.29 is 4.74 Å². The highest BCUT2D eigenvalue weighted by molar-refractivity contribution is 5.33. The van der Waals surface area contributed by atoms with Crippen LogP contribution in [0.4, 0.5) is 0 Å². The normalized spacial score (nSPS) is 13.0. The van der Waals surface area contributed by atoms with Crippen LogP contribution < -0.4 is 10.1 Å². The van der Waals surface area contributed by atoms with Gasteiger partial charge in [-0.05, 0) is 32.5 Å². The van der Waals surface area contributed by atoms with Crippen molar-refractivity contribution in [1.82, 2.24) is 10.2 Å². The summed E-state index contributed by atoms with van der Waals surface area (Å²) in [5.74, 6) is 1.67. The van der Waals surface area contributed by atoms with Gasteiger partial charge in [-0.25, -0.2) is 0 Å². The second kappa shape index (κ2) is 8.18. The predicted molar refractivity (Wildman–Crippen MR) is 81.6 cm³/mol. The number of nitrogens with zero attached hydrogens (tertiary/aromatic N) is 1. The molecular weight excluding hydrogens is 236 g/mol. The average Bonchev–Trinajstić information content (AvgIpc) is 2.38. The predicted octanol–water partition coefficient (Wildman–Crippen LogP) is 2.76. The summed E-state index contributed by atoms with van der Waals surface area (Å²) in [6.07, 6.45) is 0. The van der Waals surface area contributed by atoms with Crippen LogP contribution in [0.3, 0.4) is 0 Å². The van der Waals surface area contributed by atoms with E-state index in [2.05, 4.69) is 50.2 Å². The zero-order chi connectivity index (χ0) is 14.3. The van der Waals surface area contributed by atoms with Gasteiger partial charge in [0.25, 0.3) is 0 Å². The molecule has 0 aliphatic carbocycles. The van der Waals surface area contributed by atoms with Crippen molar-refractivity contribution >= 4 is 0 Å². The van der Waals surface area contributed by atoms with Gasteiger partial charge in [0.15, 0.2) is 0 Å². The molecule has 0 amide bonds. The molecule has 1 aromatic carbocycles. The minimum Gasteiger partial charge on any atom is -0.496 e. The Morgan fingerprint density at radius 2 is 1.84 bits per heavy atom. The molecule has 0 spiro atoms. The molecule has 0 radical (unpaired) electrons. The van der Waals surface area contributed by atoms with Gasteiger partial charge >= 0.3 is 0 Å². The topological polar surface area (TPSA) is 24.5 Å². The van der Waals surface area contributed by atoms with Gasteiger partial charge in [0.2, 0.25) is 0 Å². The lowest BCUT2D eigenvalue weighted by atomic mass is 10.1. The summed E-state index contributed by atoms with van der Waals surface area (Å²) >= 11 is 0. The Kier molecular flexibility index (Phi) is 6.89. The maximum Gasteiger partial charge on any atom is 0.123 e. The summed E-state index contributed by atoms with van der Waals surface area (Å²) in [4.78, 5) is 2.35. The number of methoxy groups -OCH3 is 1. The Morgan fingerprint density at radius 1 is 1.16 bits per heavy atom. The van der Waals surface area contributed by atoms with Crippen molar-refractivity contribution in [3.63, 3.8) is 0 Å². The fourth-order valence-corrected chi connectivity index (χ4v) is 1.99. The molecule has 0 heterocycles. The van der Waals surface area contributed by atoms with Gasteiger partial charge in [-0.3, -0.25) is 4.90 Å². The third-order valence-corrected chi connectivity index (χ3v) is 3.36. The van der Waals surface area contributed by atoms with Gasteiger partial charge in [0, 0.05) is 24.7 Å². The smallest absolute Gasteiger partial charge is 0.123 e. The molecule has 108 valence electrons. The van der Waals surface area contributed by atoms with Gasteiger partial charge in [-0.15, -0.1) is 0 Å². The van der Waals surface area contributed by atoms with Crippen LogP contribution >= 0.6 is 0 Å². The second-order valence-corrected chi connectivity index (χ2v) is 5.63. The Bertz CT molecular complexity index is 366. The van der Waals surface area contributed by atoms with E-state index >= 15 is 0 Å². The van der Waals surface area contributed by atoms with Gasteiger partial charge in [0.1, 0.15) is 5.75 Å². The summed E-state index contributed by atoms with van der Waals surface area (Å²) in [7, 11) is 3.89. The van der Waals surface area contributed by atoms with Crippen LogP contribution in [0, 0.1) is 5.92 Å². The maximum absolute atomic E-state index is 5.40. The van der Waals surface area contributed by atoms with Gasteiger partial charge < -0.3 is 10.1 Å². The Hall–Kier alpha value is -1.06. The molecule has 3 nitrogen and oxygen atoms in total. The van der Waals surface area contributed by atoms with Crippen molar-refractivity contribution in [3.05, 3.63) is 29.8 Å². The molecule has 1 N–H and O–H groups in total. The highest BCUT2D eigenvalue weighted by atomic mass is 16.5. The zero-order valence-corrected chi connectivity index (χ0v) is 12.9. The van der Waals surface area contributed by atoms with Gasteiger partial charge in [0.05, 0.1) is 7.11 Å². The number of hydrogen-bond acceptors (Lipinski definition) is 3. The molecule has 0 aliphatic rings. The zero-order valence-electron chi connectivity index (χ0n) is 12.9. The minimum absolute atomic E-state index is 0.503. The minimum atomic E-state index is 0.503. The lowest BCUT2D eigenvalue weighted by molar-refractivity contribution is 0.238. The first kappa shape index (κ1) is 16.0. The van der Waals surface area contributed by atoms with Crippen molar-refractivity contribution in [2.75, 3.05) is 27.2 Å². The molecule has 19 heavy (non-hydrogen) atoms. The van der Waals surface area contributed by atoms with Crippen molar-refractivity contribution in [3.8, 4) is 5.75 Å². The van der Waals surface area contributed by atoms with Crippen LogP contribution in [0.15, 0.2) is 24.3 Å². The summed E-state index contributed by atoms with van der Waals surface area (Å²) in [5, 5.41) is 3.51. The molecule has 0 aromatic heterocycles. The largest absolute Gasteiger partial charge is 0.496 e. The number of rotatable bonds is 8. The third kappa shape index (κ3) is 5.62. The Balaban J connectivity index is 2.46. The number of para-hydroxylation sites is 1. The summed E-state index contributed by atoms with van der Waals surface area (Å²) < 4.78 is 5.40. The van der Waals surface area contributed by atoms with E-state index in [1.165, 1.54) is 5.56 Å². The first-order chi connectivity index (χ1) is 9.04. The number of likely N-dealkylation sites (N-methyl/N-ethyl adjacent to an activating group) is 1. The van der Waals surface area contributed by atoms with Crippen LogP contribution in [-0.4, -0.2) is 38.2 Å². The van der Waals surface area contributed by atoms with E-state index < -0.39 is 0 Å². The average molecular weight is 264 g/mol. The summed E-state index contributed by atoms with van der Waals surface area (Å²) in [6, 6.07) is 8.72. The van der Waals surface area contributed by atoms with Crippen molar-refractivity contribution in [2.45, 2.75) is 33.4 Å². The van der Waals surface area contributed by atoms with Crippen LogP contribution in [0.2, 0.25) is 0 Å². The molecule has 0 saturated carbocycles. The molecule has 0 saturated heterocycles. The van der Waals surface area contributed by atoms with Crippen LogP contribution in [0.25, 0.3) is 0 Å². The van der Waals surface area contributed by atoms with Gasteiger partial charge in [-0.1, -0.05) is 32.0 Å². The maximum atomic E-state index is 5.40. The van der Waals surface area contributed by atoms with E-state index in [1.54, 1.807) is 7.11 Å². The number of hydrogen-bond donors (Lipinski definition) is 1. The lowest BCUT2D eigenvalue weighted by Crippen LogP contribution is -2.38. The fraction of sp³-hybridized carbons (Fsp3) is 0.625. The SMILES string of the molecule is COc1ccccc1CN(C)C(C)CNCC(C)C. The molecule has 1 rings (SSSR count). The number of ether oxygens (including phenoxy) is 1. The molecule has 0 aliphatic heterocycles. The Labute approximate surface area is 118 Å². The lowest BCUT2D eigenvalue weighted by Gasteiger charge is -2.26. The van der Waals surface area contributed by atoms with E-state index in [9.17, 15) is 0 Å². The van der Waals surface area contributed by atoms with E-state index in [0.29, 0.717) is 12.0 Å². The molecule has 1 unspecified atom stereocenters. The van der Waals surface area contributed by atoms with E-state index in [1.807, 2.05) is 12.1 Å². The Morgan fingerprint density at radius 3 is 2.47 bits per heavy atom. The van der Waals surface area contributed by atoms with Crippen LogP contribution in [0.5, 0.6) is 5.75 Å². The molecule has 3 heteroatoms. The van der Waals surface area contributed by atoms with Crippen molar-refractivity contribution in [1.29, 1.82) is 0 Å². The monoisotopic (exact) mass is 264 g/mol. The molecular formula is C16H28N2O. The van der Waals surface area contributed by atoms with Gasteiger partial charge in [-0.2, -0.15) is 0 Å². The quantitative estimate of drug-likeness (QED) is 0.781. The molecule has 1 aromatic rings. The standard InChI is InChI=1S/C16H28N2O/c1-13(2)10-17-11-14(3)18(4)12-15-8-6-7-9-16(15)19-5/h6-9,13-14,17H,10-12H2,1-5H3. The van der Waals surface area contributed by atoms with Crippen LogP contribution in [0.1, 0.15) is 26.3 Å². The number of benzene rings is 1. The van der Waals surface area contributed by atoms with E-state index in [0.717, 1.165) is 25.4 Å². The second-order valence-electron chi connectivity index (χ2n) is 5.63. The molecule has 1 atom stereocenters. The fourth-order valence-electron chi connectivity index (χ4n) is 1.99. The highest BCUT2D eigenvalue weighted by Crippen LogP contribution is 2.19. The summed E-state index contributed by atoms with van der Waals surface area (Å²) in [6.45, 7) is 9.72. The first-order valence-corrected chi connectivity index (χ1v) is 7.07. The van der Waals surface area contributed by atoms with E-state index in [-0.39, 0.29) is 0 Å². The molecule has 0 bridgehead atoms. The van der Waals surface area contributed by atoms with Crippen LogP contribution in [-0.2, 0) is 6.54 Å². The molecule has 0 fully saturated rings.